The molecule has 0 aliphatic carbocycles. The molecule has 98 valence electrons. The standard InChI is InChI=1S/N4O12Te/c5-1(6)13-17(14-2(7)8,15-3(9)10)16-4(11)12. The van der Waals surface area contributed by atoms with E-state index in [-0.39, 0.29) is 0 Å². The molecule has 0 saturated carbocycles. The van der Waals surface area contributed by atoms with E-state index in [4.69, 9.17) is 0 Å². The third kappa shape index (κ3) is 5.90. The molecule has 0 unspecified atom stereocenters. The fraction of sp³-hybridized carbons (Fsp3) is 0. The molecular weight excluding hydrogens is 376 g/mol. The van der Waals surface area contributed by atoms with Crippen molar-refractivity contribution in [3.05, 3.63) is 40.5 Å². The summed E-state index contributed by atoms with van der Waals surface area (Å²) in [7, 11) is 0. The first-order valence-corrected chi connectivity index (χ1v) is 6.66. The van der Waals surface area contributed by atoms with Crippen LogP contribution >= 0.6 is 0 Å². The third-order valence-corrected chi connectivity index (χ3v) is 4.08. The van der Waals surface area contributed by atoms with Crippen molar-refractivity contribution in [2.45, 2.75) is 0 Å². The van der Waals surface area contributed by atoms with E-state index in [1.807, 2.05) is 0 Å². The van der Waals surface area contributed by atoms with Gasteiger partial charge < -0.3 is 0 Å². The van der Waals surface area contributed by atoms with E-state index in [0.29, 0.717) is 0 Å². The molecule has 0 aromatic rings. The van der Waals surface area contributed by atoms with Gasteiger partial charge in [-0.3, -0.25) is 0 Å². The van der Waals surface area contributed by atoms with Crippen LogP contribution in [0.4, 0.5) is 0 Å². The molecule has 0 bridgehead atoms. The molecule has 0 saturated heterocycles. The molecule has 17 heavy (non-hydrogen) atoms. The molecule has 0 atom stereocenters. The average Bonchev–Trinajstić information content (AvgIpc) is 1.95. The fourth-order valence-electron chi connectivity index (χ4n) is 0.380. The molecule has 17 heteroatoms. The first-order valence-electron chi connectivity index (χ1n) is 2.86. The molecule has 0 aliphatic rings. The van der Waals surface area contributed by atoms with Crippen molar-refractivity contribution in [1.29, 1.82) is 0 Å². The molecule has 0 aromatic heterocycles. The molecule has 0 amide bonds. The van der Waals surface area contributed by atoms with Crippen molar-refractivity contribution in [2.75, 3.05) is 0 Å². The molecule has 0 N–H and O–H groups in total. The third-order valence-electron chi connectivity index (χ3n) is 0.609. The zero-order chi connectivity index (χ0) is 13.6. The maximum absolute atomic E-state index is 9.88. The molecule has 16 nitrogen and oxygen atoms in total. The quantitative estimate of drug-likeness (QED) is 0.262. The van der Waals surface area contributed by atoms with Crippen LogP contribution in [-0.4, -0.2) is 40.2 Å². The molecule has 0 spiro atoms. The van der Waals surface area contributed by atoms with Gasteiger partial charge in [-0.15, -0.1) is 0 Å². The van der Waals surface area contributed by atoms with Crippen LogP contribution in [0.25, 0.3) is 0 Å². The molecule has 0 fully saturated rings. The number of hydrogen-bond acceptors (Lipinski definition) is 12. The fourth-order valence-corrected chi connectivity index (χ4v) is 2.55. The Morgan fingerprint density at radius 2 is 0.765 bits per heavy atom. The summed E-state index contributed by atoms with van der Waals surface area (Å²) in [5, 5.41) is 32.2. The number of rotatable bonds is 8. The second kappa shape index (κ2) is 5.61. The van der Waals surface area contributed by atoms with Gasteiger partial charge in [-0.2, -0.15) is 0 Å². The Kier molecular flexibility index (Phi) is 4.82. The van der Waals surface area contributed by atoms with Crippen LogP contribution in [0.3, 0.4) is 0 Å². The van der Waals surface area contributed by atoms with Gasteiger partial charge in [0, 0.05) is 0 Å². The molecule has 0 rings (SSSR count). The van der Waals surface area contributed by atoms with Gasteiger partial charge in [-0.05, 0) is 0 Å². The molecule has 0 aliphatic heterocycles. The van der Waals surface area contributed by atoms with Crippen LogP contribution in [0.2, 0.25) is 0 Å². The van der Waals surface area contributed by atoms with Crippen LogP contribution in [0.1, 0.15) is 0 Å². The van der Waals surface area contributed by atoms with Crippen LogP contribution in [0, 0.1) is 40.5 Å². The zero-order valence-corrected chi connectivity index (χ0v) is 9.43. The summed E-state index contributed by atoms with van der Waals surface area (Å²) in [6, 6.07) is 0. The normalized spacial score (nSPS) is 10.8. The molecular formula is N4O12Te. The van der Waals surface area contributed by atoms with Gasteiger partial charge in [-0.1, -0.05) is 0 Å². The summed E-state index contributed by atoms with van der Waals surface area (Å²) in [4.78, 5) is 39.5. The van der Waals surface area contributed by atoms with E-state index in [0.717, 1.165) is 0 Å². The van der Waals surface area contributed by atoms with E-state index in [1.54, 1.807) is 0 Å². The summed E-state index contributed by atoms with van der Waals surface area (Å²) < 4.78 is 13.2. The predicted molar refractivity (Wildman–Crippen MR) is 38.1 cm³/mol. The molecule has 0 radical (unpaired) electrons. The van der Waals surface area contributed by atoms with E-state index < -0.39 is 40.2 Å². The summed E-state index contributed by atoms with van der Waals surface area (Å²) in [6.07, 6.45) is 0. The van der Waals surface area contributed by atoms with Crippen molar-refractivity contribution >= 4 is 19.8 Å². The first kappa shape index (κ1) is 14.6. The van der Waals surface area contributed by atoms with E-state index in [2.05, 4.69) is 12.8 Å². The summed E-state index contributed by atoms with van der Waals surface area (Å²) in [6.45, 7) is 0. The number of hydrogen-bond donors (Lipinski definition) is 0. The van der Waals surface area contributed by atoms with Gasteiger partial charge in [0.2, 0.25) is 0 Å². The Balaban J connectivity index is 5.16. The van der Waals surface area contributed by atoms with Crippen LogP contribution in [0.5, 0.6) is 0 Å². The predicted octanol–water partition coefficient (Wildman–Crippen LogP) is -1.74. The Morgan fingerprint density at radius 1 is 0.588 bits per heavy atom. The minimum atomic E-state index is -6.45. The van der Waals surface area contributed by atoms with Gasteiger partial charge >= 0.3 is 93.4 Å². The van der Waals surface area contributed by atoms with Gasteiger partial charge in [0.05, 0.1) is 0 Å². The molecule has 0 heterocycles. The monoisotopic (exact) mass is 378 g/mol. The first-order chi connectivity index (χ1) is 7.67. The van der Waals surface area contributed by atoms with Crippen molar-refractivity contribution in [1.82, 2.24) is 0 Å². The van der Waals surface area contributed by atoms with Crippen molar-refractivity contribution in [3.8, 4) is 0 Å². The Morgan fingerprint density at radius 3 is 0.882 bits per heavy atom. The van der Waals surface area contributed by atoms with Crippen molar-refractivity contribution < 1.29 is 33.2 Å². The van der Waals surface area contributed by atoms with Crippen LogP contribution in [-0.2, 0) is 12.8 Å². The Bertz CT molecular complexity index is 277. The second-order valence-corrected chi connectivity index (χ2v) is 5.63. The van der Waals surface area contributed by atoms with Gasteiger partial charge in [0.15, 0.2) is 0 Å². The minimum absolute atomic E-state index is 1.82. The van der Waals surface area contributed by atoms with E-state index in [9.17, 15) is 40.5 Å². The van der Waals surface area contributed by atoms with Gasteiger partial charge in [0.25, 0.3) is 0 Å². The van der Waals surface area contributed by atoms with Crippen molar-refractivity contribution in [2.24, 2.45) is 0 Å². The van der Waals surface area contributed by atoms with E-state index >= 15 is 0 Å². The summed E-state index contributed by atoms with van der Waals surface area (Å²) >= 11 is -6.45. The number of nitrogens with zero attached hydrogens (tertiary/aromatic N) is 4. The Labute approximate surface area is 94.0 Å². The Hall–Kier alpha value is -2.41. The van der Waals surface area contributed by atoms with Crippen LogP contribution in [0.15, 0.2) is 0 Å². The molecule has 0 aromatic carbocycles. The average molecular weight is 376 g/mol. The van der Waals surface area contributed by atoms with Crippen LogP contribution < -0.4 is 0 Å². The van der Waals surface area contributed by atoms with Crippen molar-refractivity contribution in [3.63, 3.8) is 0 Å². The maximum atomic E-state index is 9.88. The zero-order valence-electron chi connectivity index (χ0n) is 7.10. The van der Waals surface area contributed by atoms with Gasteiger partial charge in [0.1, 0.15) is 0 Å². The summed E-state index contributed by atoms with van der Waals surface area (Å²) in [5.74, 6) is 0. The second-order valence-electron chi connectivity index (χ2n) is 1.60. The van der Waals surface area contributed by atoms with E-state index in [1.165, 1.54) is 0 Å². The SMILES string of the molecule is O=[N+]([O-])O[Te](O[N+](=O)[O-])(O[N+](=O)[O-])O[N+](=O)[O-]. The topological polar surface area (TPSA) is 209 Å². The van der Waals surface area contributed by atoms with Gasteiger partial charge in [-0.25, -0.2) is 0 Å². The summed E-state index contributed by atoms with van der Waals surface area (Å²) in [5.41, 5.74) is 0.